The van der Waals surface area contributed by atoms with Gasteiger partial charge in [-0.3, -0.25) is 9.59 Å². The van der Waals surface area contributed by atoms with E-state index < -0.39 is 5.97 Å². The molecule has 1 amide bonds. The monoisotopic (exact) mass is 344 g/mol. The molecule has 2 unspecified atom stereocenters. The highest BCUT2D eigenvalue weighted by atomic mass is 32.1. The first-order valence-electron chi connectivity index (χ1n) is 8.05. The zero-order valence-corrected chi connectivity index (χ0v) is 14.3. The predicted molar refractivity (Wildman–Crippen MR) is 92.2 cm³/mol. The Bertz CT molecular complexity index is 729. The minimum absolute atomic E-state index is 0.0392. The minimum Gasteiger partial charge on any atom is -0.481 e. The first-order chi connectivity index (χ1) is 11.5. The molecule has 1 saturated heterocycles. The fourth-order valence-electron chi connectivity index (χ4n) is 3.12. The fourth-order valence-corrected chi connectivity index (χ4v) is 3.92. The molecule has 1 aromatic heterocycles. The number of aromatic nitrogens is 1. The number of carbonyl (C=O) groups excluding carboxylic acids is 1. The van der Waals surface area contributed by atoms with Gasteiger partial charge in [-0.15, -0.1) is 11.3 Å². The van der Waals surface area contributed by atoms with Crippen molar-refractivity contribution in [3.63, 3.8) is 0 Å². The summed E-state index contributed by atoms with van der Waals surface area (Å²) in [6, 6.07) is 10.0. The van der Waals surface area contributed by atoms with E-state index in [1.165, 1.54) is 16.9 Å². The van der Waals surface area contributed by atoms with E-state index in [0.29, 0.717) is 25.2 Å². The van der Waals surface area contributed by atoms with Crippen molar-refractivity contribution in [2.75, 3.05) is 13.1 Å². The zero-order valence-electron chi connectivity index (χ0n) is 13.5. The SMILES string of the molecule is CC1CN(C(=O)c2csc(Cc3ccccc3)n2)CCC1C(=O)O. The van der Waals surface area contributed by atoms with E-state index >= 15 is 0 Å². The second kappa shape index (κ2) is 7.13. The third-order valence-electron chi connectivity index (χ3n) is 4.48. The zero-order chi connectivity index (χ0) is 17.1. The first-order valence-corrected chi connectivity index (χ1v) is 8.93. The van der Waals surface area contributed by atoms with Crippen LogP contribution in [0.4, 0.5) is 0 Å². The maximum Gasteiger partial charge on any atom is 0.306 e. The van der Waals surface area contributed by atoms with Crippen molar-refractivity contribution >= 4 is 23.2 Å². The lowest BCUT2D eigenvalue weighted by Gasteiger charge is -2.34. The largest absolute Gasteiger partial charge is 0.481 e. The summed E-state index contributed by atoms with van der Waals surface area (Å²) in [7, 11) is 0. The van der Waals surface area contributed by atoms with Crippen LogP contribution in [0.15, 0.2) is 35.7 Å². The van der Waals surface area contributed by atoms with Crippen molar-refractivity contribution < 1.29 is 14.7 Å². The fraction of sp³-hybridized carbons (Fsp3) is 0.389. The number of nitrogens with zero attached hydrogens (tertiary/aromatic N) is 2. The van der Waals surface area contributed by atoms with E-state index in [0.717, 1.165) is 11.4 Å². The van der Waals surface area contributed by atoms with Crippen LogP contribution < -0.4 is 0 Å². The van der Waals surface area contributed by atoms with Gasteiger partial charge in [-0.1, -0.05) is 37.3 Å². The van der Waals surface area contributed by atoms with Crippen molar-refractivity contribution in [1.82, 2.24) is 9.88 Å². The summed E-state index contributed by atoms with van der Waals surface area (Å²) in [6.07, 6.45) is 1.22. The number of thiazole rings is 1. The van der Waals surface area contributed by atoms with Crippen molar-refractivity contribution in [2.45, 2.75) is 19.8 Å². The normalized spacial score (nSPS) is 20.8. The molecule has 5 nitrogen and oxygen atoms in total. The van der Waals surface area contributed by atoms with Crippen LogP contribution in [0.2, 0.25) is 0 Å². The highest BCUT2D eigenvalue weighted by Crippen LogP contribution is 2.25. The molecule has 2 aromatic rings. The molecule has 0 saturated carbocycles. The number of hydrogen-bond acceptors (Lipinski definition) is 4. The van der Waals surface area contributed by atoms with Gasteiger partial charge in [0.15, 0.2) is 0 Å². The number of rotatable bonds is 4. The Kier molecular flexibility index (Phi) is 4.94. The number of carboxylic acids is 1. The van der Waals surface area contributed by atoms with Crippen LogP contribution in [0.5, 0.6) is 0 Å². The van der Waals surface area contributed by atoms with E-state index in [9.17, 15) is 14.7 Å². The highest BCUT2D eigenvalue weighted by Gasteiger charge is 2.33. The lowest BCUT2D eigenvalue weighted by atomic mass is 9.87. The van der Waals surface area contributed by atoms with Crippen LogP contribution in [-0.4, -0.2) is 40.0 Å². The van der Waals surface area contributed by atoms with Gasteiger partial charge in [0.1, 0.15) is 5.69 Å². The van der Waals surface area contributed by atoms with E-state index in [2.05, 4.69) is 4.98 Å². The van der Waals surface area contributed by atoms with Gasteiger partial charge in [-0.2, -0.15) is 0 Å². The molecule has 0 spiro atoms. The number of hydrogen-bond donors (Lipinski definition) is 1. The Morgan fingerprint density at radius 2 is 2.08 bits per heavy atom. The maximum atomic E-state index is 12.6. The Hall–Kier alpha value is -2.21. The van der Waals surface area contributed by atoms with Crippen molar-refractivity contribution in [2.24, 2.45) is 11.8 Å². The molecule has 1 N–H and O–H groups in total. The predicted octanol–water partition coefficient (Wildman–Crippen LogP) is 2.92. The summed E-state index contributed by atoms with van der Waals surface area (Å²) in [5, 5.41) is 11.9. The van der Waals surface area contributed by atoms with Gasteiger partial charge in [0.05, 0.1) is 10.9 Å². The van der Waals surface area contributed by atoms with E-state index in [-0.39, 0.29) is 17.7 Å². The van der Waals surface area contributed by atoms with E-state index in [1.807, 2.05) is 37.3 Å². The summed E-state index contributed by atoms with van der Waals surface area (Å²) < 4.78 is 0. The van der Waals surface area contributed by atoms with Gasteiger partial charge in [0.25, 0.3) is 5.91 Å². The Morgan fingerprint density at radius 1 is 1.33 bits per heavy atom. The van der Waals surface area contributed by atoms with Crippen LogP contribution in [0.25, 0.3) is 0 Å². The lowest BCUT2D eigenvalue weighted by molar-refractivity contribution is -0.145. The molecule has 1 aliphatic heterocycles. The van der Waals surface area contributed by atoms with Gasteiger partial charge in [0, 0.05) is 24.9 Å². The van der Waals surface area contributed by atoms with Gasteiger partial charge in [-0.25, -0.2) is 4.98 Å². The molecular formula is C18H20N2O3S. The molecule has 1 aromatic carbocycles. The topological polar surface area (TPSA) is 70.5 Å². The third-order valence-corrected chi connectivity index (χ3v) is 5.33. The molecule has 0 radical (unpaired) electrons. The van der Waals surface area contributed by atoms with Crippen LogP contribution >= 0.6 is 11.3 Å². The molecule has 1 aliphatic rings. The van der Waals surface area contributed by atoms with Crippen molar-refractivity contribution in [3.05, 3.63) is 52.0 Å². The van der Waals surface area contributed by atoms with Crippen LogP contribution in [0, 0.1) is 11.8 Å². The van der Waals surface area contributed by atoms with E-state index in [4.69, 9.17) is 0 Å². The second-order valence-corrected chi connectivity index (χ2v) is 7.19. The number of carboxylic acid groups (broad SMARTS) is 1. The lowest BCUT2D eigenvalue weighted by Crippen LogP contribution is -2.45. The molecule has 6 heteroatoms. The second-order valence-electron chi connectivity index (χ2n) is 6.25. The standard InChI is InChI=1S/C18H20N2O3S/c1-12-10-20(8-7-14(12)18(22)23)17(21)15-11-24-16(19-15)9-13-5-3-2-4-6-13/h2-6,11-12,14H,7-10H2,1H3,(H,22,23). The molecule has 2 atom stereocenters. The van der Waals surface area contributed by atoms with Crippen LogP contribution in [0.3, 0.4) is 0 Å². The Morgan fingerprint density at radius 3 is 2.75 bits per heavy atom. The third kappa shape index (κ3) is 3.64. The number of piperidine rings is 1. The van der Waals surface area contributed by atoms with Gasteiger partial charge >= 0.3 is 5.97 Å². The number of carbonyl (C=O) groups is 2. The van der Waals surface area contributed by atoms with Crippen molar-refractivity contribution in [3.8, 4) is 0 Å². The van der Waals surface area contributed by atoms with Crippen LogP contribution in [0.1, 0.15) is 34.4 Å². The average Bonchev–Trinajstić information content (AvgIpc) is 3.03. The summed E-state index contributed by atoms with van der Waals surface area (Å²) in [6.45, 7) is 2.84. The average molecular weight is 344 g/mol. The molecule has 3 rings (SSSR count). The van der Waals surface area contributed by atoms with Crippen LogP contribution in [-0.2, 0) is 11.2 Å². The van der Waals surface area contributed by atoms with Crippen molar-refractivity contribution in [1.29, 1.82) is 0 Å². The highest BCUT2D eigenvalue weighted by molar-refractivity contribution is 7.09. The number of aliphatic carboxylic acids is 1. The molecule has 0 aliphatic carbocycles. The number of benzene rings is 1. The molecular weight excluding hydrogens is 324 g/mol. The summed E-state index contributed by atoms with van der Waals surface area (Å²) in [5.41, 5.74) is 1.63. The first kappa shape index (κ1) is 16.6. The van der Waals surface area contributed by atoms with E-state index in [1.54, 1.807) is 10.3 Å². The number of likely N-dealkylation sites (tertiary alicyclic amines) is 1. The molecule has 1 fully saturated rings. The maximum absolute atomic E-state index is 12.6. The van der Waals surface area contributed by atoms with Gasteiger partial charge in [-0.05, 0) is 17.9 Å². The number of amides is 1. The molecule has 126 valence electrons. The molecule has 24 heavy (non-hydrogen) atoms. The summed E-state index contributed by atoms with van der Waals surface area (Å²) in [5.74, 6) is -1.27. The van der Waals surface area contributed by atoms with Gasteiger partial charge in [0.2, 0.25) is 0 Å². The minimum atomic E-state index is -0.770. The smallest absolute Gasteiger partial charge is 0.306 e. The Balaban J connectivity index is 1.65. The summed E-state index contributed by atoms with van der Waals surface area (Å²) in [4.78, 5) is 30.0. The summed E-state index contributed by atoms with van der Waals surface area (Å²) >= 11 is 1.49. The quantitative estimate of drug-likeness (QED) is 0.926. The molecule has 2 heterocycles. The molecule has 0 bridgehead atoms. The van der Waals surface area contributed by atoms with Gasteiger partial charge < -0.3 is 10.0 Å². The Labute approximate surface area is 145 Å².